The second kappa shape index (κ2) is 18.0. The van der Waals surface area contributed by atoms with Crippen molar-refractivity contribution in [3.8, 4) is 34.5 Å². The highest BCUT2D eigenvalue weighted by atomic mass is 28.3. The molecule has 5 atom stereocenters. The van der Waals surface area contributed by atoms with Gasteiger partial charge >= 0.3 is 12.1 Å². The van der Waals surface area contributed by atoms with Crippen molar-refractivity contribution in [2.75, 3.05) is 45.0 Å². The first-order chi connectivity index (χ1) is 31.9. The van der Waals surface area contributed by atoms with Gasteiger partial charge < -0.3 is 23.8 Å². The average molecular weight is 941 g/mol. The number of hydrogen-bond donors (Lipinski definition) is 0. The number of halogens is 3. The van der Waals surface area contributed by atoms with Gasteiger partial charge in [-0.25, -0.2) is 22.9 Å². The van der Waals surface area contributed by atoms with Gasteiger partial charge in [-0.15, -0.1) is 5.54 Å². The summed E-state index contributed by atoms with van der Waals surface area (Å²) < 4.78 is 73.7. The first kappa shape index (κ1) is 47.4. The van der Waals surface area contributed by atoms with Gasteiger partial charge in [0.15, 0.2) is 12.6 Å². The van der Waals surface area contributed by atoms with E-state index in [4.69, 9.17) is 33.9 Å². The predicted octanol–water partition coefficient (Wildman–Crippen LogP) is 10.9. The van der Waals surface area contributed by atoms with Crippen molar-refractivity contribution in [3.05, 3.63) is 47.2 Å². The molecule has 0 unspecified atom stereocenters. The SMILES string of the molecule is COCOc1cc(-c2nc3c4c(nc(OC[C@@]56CCCN5C[C@H](F)C6)nc4c2F)N2C[C@H]4CC[C@@H]([C@H]2CCC3)N4C(=O)OC(C)(C)C)c2c(C#C[Si](C(C)C)(C(C)C)C(C)C)c(F)ccc2c1. The number of nitrogens with zero attached hydrogens (tertiary/aromatic N) is 6. The van der Waals surface area contributed by atoms with Crippen LogP contribution in [0, 0.1) is 23.1 Å². The van der Waals surface area contributed by atoms with Crippen molar-refractivity contribution in [2.24, 2.45) is 0 Å². The maximum atomic E-state index is 18.3. The summed E-state index contributed by atoms with van der Waals surface area (Å²) in [6, 6.07) is 6.13. The fraction of sp³-hybridized carbons (Fsp3) is 0.615. The minimum atomic E-state index is -2.34. The average Bonchev–Trinajstić information content (AvgIpc) is 3.91. The number of amides is 1. The van der Waals surface area contributed by atoms with Crippen LogP contribution >= 0.6 is 0 Å². The number of aryl methyl sites for hydroxylation is 1. The van der Waals surface area contributed by atoms with Crippen molar-refractivity contribution >= 4 is 41.7 Å². The van der Waals surface area contributed by atoms with Crippen LogP contribution in [0.1, 0.15) is 119 Å². The first-order valence-corrected chi connectivity index (χ1v) is 26.7. The van der Waals surface area contributed by atoms with E-state index in [1.165, 1.54) is 13.2 Å². The molecule has 0 N–H and O–H groups in total. The van der Waals surface area contributed by atoms with Crippen molar-refractivity contribution in [2.45, 2.75) is 166 Å². The molecular formula is C52H67F3N6O5Si. The number of ether oxygens (including phenoxy) is 4. The normalized spacial score (nSPS) is 24.0. The van der Waals surface area contributed by atoms with Gasteiger partial charge in [0, 0.05) is 37.6 Å². The van der Waals surface area contributed by atoms with Gasteiger partial charge in [-0.05, 0) is 112 Å². The number of rotatable bonds is 10. The van der Waals surface area contributed by atoms with Gasteiger partial charge in [0.05, 0.1) is 40.3 Å². The van der Waals surface area contributed by atoms with Gasteiger partial charge in [0.2, 0.25) is 0 Å². The Hall–Kier alpha value is -4.65. The third-order valence-electron chi connectivity index (χ3n) is 15.5. The standard InChI is InChI=1S/C52H67F3N6O5Si/c1-30(2)67(31(3)4,32(5)6)22-19-37-39(54)17-15-33-23-36(65-29-63-10)24-38(43(33)37)46-45(55)47-44-40(56-46)13-11-14-41-42-18-16-35(61(42)50(62)66-51(7,8)9)27-60(41)48(44)58-49(57-47)64-28-52-20-12-21-59(52)26-34(53)25-52/h15,17,23-24,30-32,34-35,41-42H,11-14,16,18,20-21,25-29H2,1-10H3/t34-,35-,41-,42+,52+/m1/s1. The predicted molar refractivity (Wildman–Crippen MR) is 258 cm³/mol. The summed E-state index contributed by atoms with van der Waals surface area (Å²) >= 11 is 0. The number of anilines is 1. The summed E-state index contributed by atoms with van der Waals surface area (Å²) in [6.45, 7) is 20.6. The molecule has 15 heteroatoms. The van der Waals surface area contributed by atoms with Crippen LogP contribution in [-0.2, 0) is 15.9 Å². The largest absolute Gasteiger partial charge is 0.468 e. The zero-order chi connectivity index (χ0) is 47.7. The molecule has 7 heterocycles. The van der Waals surface area contributed by atoms with Crippen LogP contribution in [0.4, 0.5) is 23.8 Å². The van der Waals surface area contributed by atoms with Crippen molar-refractivity contribution in [1.82, 2.24) is 24.8 Å². The molecule has 9 rings (SSSR count). The van der Waals surface area contributed by atoms with Gasteiger partial charge in [0.1, 0.15) is 55.0 Å². The van der Waals surface area contributed by atoms with Gasteiger partial charge in [-0.1, -0.05) is 53.5 Å². The van der Waals surface area contributed by atoms with Gasteiger partial charge in [-0.3, -0.25) is 9.80 Å². The van der Waals surface area contributed by atoms with Crippen LogP contribution in [0.15, 0.2) is 24.3 Å². The van der Waals surface area contributed by atoms with E-state index >= 15 is 8.78 Å². The molecule has 2 bridgehead atoms. The van der Waals surface area contributed by atoms with E-state index in [-0.39, 0.29) is 60.4 Å². The molecule has 1 amide bonds. The second-order valence-electron chi connectivity index (χ2n) is 21.6. The monoisotopic (exact) mass is 940 g/mol. The van der Waals surface area contributed by atoms with E-state index in [1.54, 1.807) is 18.2 Å². The summed E-state index contributed by atoms with van der Waals surface area (Å²) in [5.74, 6) is 3.06. The number of fused-ring (bicyclic) bond motifs is 7. The van der Waals surface area contributed by atoms with Crippen LogP contribution in [0.3, 0.4) is 0 Å². The van der Waals surface area contributed by atoms with E-state index in [9.17, 15) is 9.18 Å². The van der Waals surface area contributed by atoms with Crippen molar-refractivity contribution in [1.29, 1.82) is 0 Å². The lowest BCUT2D eigenvalue weighted by Crippen LogP contribution is -2.62. The Morgan fingerprint density at radius 1 is 0.940 bits per heavy atom. The number of hydrogen-bond acceptors (Lipinski definition) is 10. The van der Waals surface area contributed by atoms with E-state index in [2.05, 4.69) is 62.8 Å². The molecule has 2 aromatic heterocycles. The molecule has 0 radical (unpaired) electrons. The maximum absolute atomic E-state index is 18.3. The Morgan fingerprint density at radius 3 is 2.42 bits per heavy atom. The Morgan fingerprint density at radius 2 is 1.70 bits per heavy atom. The summed E-state index contributed by atoms with van der Waals surface area (Å²) in [7, 11) is -0.817. The molecule has 0 saturated carbocycles. The molecule has 67 heavy (non-hydrogen) atoms. The van der Waals surface area contributed by atoms with Crippen LogP contribution in [-0.4, -0.2) is 114 Å². The number of aromatic nitrogens is 3. The first-order valence-electron chi connectivity index (χ1n) is 24.5. The number of benzene rings is 2. The Balaban J connectivity index is 1.25. The number of pyridine rings is 1. The highest BCUT2D eigenvalue weighted by Crippen LogP contribution is 2.47. The van der Waals surface area contributed by atoms with Crippen molar-refractivity contribution in [3.63, 3.8) is 0 Å². The van der Waals surface area contributed by atoms with Crippen molar-refractivity contribution < 1.29 is 36.9 Å². The number of carbonyl (C=O) groups is 1. The molecule has 4 fully saturated rings. The third kappa shape index (κ3) is 8.40. The van der Waals surface area contributed by atoms with E-state index < -0.39 is 37.0 Å². The number of carbonyl (C=O) groups excluding carboxylic acids is 1. The minimum absolute atomic E-state index is 0.00809. The highest BCUT2D eigenvalue weighted by molar-refractivity contribution is 6.90. The highest BCUT2D eigenvalue weighted by Gasteiger charge is 2.52. The fourth-order valence-electron chi connectivity index (χ4n) is 12.7. The molecule has 4 aromatic rings. The van der Waals surface area contributed by atoms with Gasteiger partial charge in [0.25, 0.3) is 0 Å². The van der Waals surface area contributed by atoms with E-state index in [0.29, 0.717) is 94.4 Å². The molecule has 0 spiro atoms. The maximum Gasteiger partial charge on any atom is 0.410 e. The molecule has 11 nitrogen and oxygen atoms in total. The van der Waals surface area contributed by atoms with Crippen LogP contribution in [0.25, 0.3) is 32.9 Å². The molecule has 5 aliphatic heterocycles. The lowest BCUT2D eigenvalue weighted by atomic mass is 9.92. The summed E-state index contributed by atoms with van der Waals surface area (Å²) in [5.41, 5.74) is 4.60. The molecule has 360 valence electrons. The topological polar surface area (TPSA) is 102 Å². The Labute approximate surface area is 394 Å². The van der Waals surface area contributed by atoms with Gasteiger partial charge in [-0.2, -0.15) is 9.97 Å². The fourth-order valence-corrected chi connectivity index (χ4v) is 17.9. The Bertz CT molecular complexity index is 2610. The van der Waals surface area contributed by atoms with Crippen LogP contribution in [0.2, 0.25) is 16.6 Å². The summed E-state index contributed by atoms with van der Waals surface area (Å²) in [6.07, 6.45) is 4.24. The van der Waals surface area contributed by atoms with E-state index in [0.717, 1.165) is 32.2 Å². The quantitative estimate of drug-likeness (QED) is 0.0868. The van der Waals surface area contributed by atoms with E-state index in [1.807, 2.05) is 25.7 Å². The van der Waals surface area contributed by atoms with Crippen LogP contribution in [0.5, 0.6) is 11.8 Å². The third-order valence-corrected chi connectivity index (χ3v) is 21.8. The lowest BCUT2D eigenvalue weighted by Gasteiger charge is -2.48. The molecule has 0 aliphatic carbocycles. The Kier molecular flexibility index (Phi) is 12.8. The smallest absolute Gasteiger partial charge is 0.410 e. The second-order valence-corrected chi connectivity index (χ2v) is 27.2. The lowest BCUT2D eigenvalue weighted by molar-refractivity contribution is 0.00698. The number of methoxy groups -OCH3 is 1. The molecular weight excluding hydrogens is 874 g/mol. The molecule has 4 saturated heterocycles. The number of alkyl halides is 1. The zero-order valence-corrected chi connectivity index (χ0v) is 41.9. The minimum Gasteiger partial charge on any atom is -0.468 e. The summed E-state index contributed by atoms with van der Waals surface area (Å²) in [5, 5.41) is 1.53. The zero-order valence-electron chi connectivity index (χ0n) is 40.9. The molecule has 2 aromatic carbocycles. The van der Waals surface area contributed by atoms with Crippen LogP contribution < -0.4 is 14.4 Å². The summed E-state index contributed by atoms with van der Waals surface area (Å²) in [4.78, 5) is 35.3. The number of piperazine rings is 1. The molecule has 5 aliphatic rings.